The second kappa shape index (κ2) is 7.32. The molecule has 3 rings (SSSR count). The number of ether oxygens (including phenoxy) is 2. The number of carbonyl (C=O) groups excluding carboxylic acids is 1. The van der Waals surface area contributed by atoms with Crippen molar-refractivity contribution < 1.29 is 24.5 Å². The Balaban J connectivity index is 1.63. The average Bonchev–Trinajstić information content (AvgIpc) is 2.84. The second-order valence-electron chi connectivity index (χ2n) is 7.10. The molecule has 138 valence electrons. The van der Waals surface area contributed by atoms with E-state index < -0.39 is 17.7 Å². The SMILES string of the molecule is Cc1ccc(C)c(OCCC(=O)N2C[C@@H](O)[C@@H](O)C23CCOCC3)c1. The minimum atomic E-state index is -0.916. The number of β-amino-alcohol motifs (C(OH)–C–C–N with tert-alkyl or cyclic N) is 1. The number of amides is 1. The number of carbonyl (C=O) groups is 1. The molecule has 2 atom stereocenters. The second-order valence-corrected chi connectivity index (χ2v) is 7.10. The lowest BCUT2D eigenvalue weighted by Gasteiger charge is -2.43. The number of likely N-dealkylation sites (tertiary alicyclic amines) is 1. The summed E-state index contributed by atoms with van der Waals surface area (Å²) in [6.45, 7) is 5.40. The summed E-state index contributed by atoms with van der Waals surface area (Å²) >= 11 is 0. The monoisotopic (exact) mass is 349 g/mol. The average molecular weight is 349 g/mol. The lowest BCUT2D eigenvalue weighted by atomic mass is 9.84. The van der Waals surface area contributed by atoms with Crippen molar-refractivity contribution in [3.05, 3.63) is 29.3 Å². The summed E-state index contributed by atoms with van der Waals surface area (Å²) in [7, 11) is 0. The van der Waals surface area contributed by atoms with Crippen molar-refractivity contribution >= 4 is 5.91 Å². The molecule has 6 nitrogen and oxygen atoms in total. The smallest absolute Gasteiger partial charge is 0.226 e. The Morgan fingerprint density at radius 1 is 1.32 bits per heavy atom. The molecule has 2 aliphatic rings. The highest BCUT2D eigenvalue weighted by molar-refractivity contribution is 5.78. The van der Waals surface area contributed by atoms with Crippen molar-refractivity contribution in [2.45, 2.75) is 50.9 Å². The molecule has 0 saturated carbocycles. The van der Waals surface area contributed by atoms with Gasteiger partial charge >= 0.3 is 0 Å². The van der Waals surface area contributed by atoms with Gasteiger partial charge in [0.2, 0.25) is 5.91 Å². The van der Waals surface area contributed by atoms with Gasteiger partial charge in [-0.15, -0.1) is 0 Å². The van der Waals surface area contributed by atoms with Gasteiger partial charge in [-0.2, -0.15) is 0 Å². The number of aliphatic hydroxyl groups is 2. The Hall–Kier alpha value is -1.63. The Labute approximate surface area is 148 Å². The van der Waals surface area contributed by atoms with Gasteiger partial charge in [-0.1, -0.05) is 12.1 Å². The van der Waals surface area contributed by atoms with Crippen molar-refractivity contribution in [2.24, 2.45) is 0 Å². The summed E-state index contributed by atoms with van der Waals surface area (Å²) in [4.78, 5) is 14.4. The zero-order valence-corrected chi connectivity index (χ0v) is 14.9. The first-order valence-corrected chi connectivity index (χ1v) is 8.88. The first-order valence-electron chi connectivity index (χ1n) is 8.88. The van der Waals surface area contributed by atoms with E-state index in [0.29, 0.717) is 26.1 Å². The third-order valence-electron chi connectivity index (χ3n) is 5.40. The van der Waals surface area contributed by atoms with E-state index in [1.54, 1.807) is 4.90 Å². The molecule has 0 radical (unpaired) electrons. The van der Waals surface area contributed by atoms with Crippen LogP contribution in [-0.2, 0) is 9.53 Å². The molecule has 2 heterocycles. The number of aryl methyl sites for hydroxylation is 2. The van der Waals surface area contributed by atoms with Crippen LogP contribution in [-0.4, -0.2) is 65.1 Å². The van der Waals surface area contributed by atoms with Crippen LogP contribution < -0.4 is 4.74 Å². The highest BCUT2D eigenvalue weighted by Gasteiger charge is 2.54. The molecule has 1 aromatic carbocycles. The van der Waals surface area contributed by atoms with Crippen LogP contribution in [0.15, 0.2) is 18.2 Å². The molecule has 1 amide bonds. The lowest BCUT2D eigenvalue weighted by Crippen LogP contribution is -2.56. The largest absolute Gasteiger partial charge is 0.493 e. The van der Waals surface area contributed by atoms with E-state index in [4.69, 9.17) is 9.47 Å². The van der Waals surface area contributed by atoms with Crippen LogP contribution in [0.1, 0.15) is 30.4 Å². The first kappa shape index (κ1) is 18.2. The molecule has 0 unspecified atom stereocenters. The topological polar surface area (TPSA) is 79.2 Å². The van der Waals surface area contributed by atoms with Crippen molar-refractivity contribution in [1.82, 2.24) is 4.90 Å². The highest BCUT2D eigenvalue weighted by atomic mass is 16.5. The van der Waals surface area contributed by atoms with Crippen molar-refractivity contribution in [2.75, 3.05) is 26.4 Å². The molecular formula is C19H27NO5. The Kier molecular flexibility index (Phi) is 5.32. The predicted molar refractivity (Wildman–Crippen MR) is 92.5 cm³/mol. The summed E-state index contributed by atoms with van der Waals surface area (Å²) in [5, 5.41) is 20.5. The van der Waals surface area contributed by atoms with Gasteiger partial charge in [-0.3, -0.25) is 4.79 Å². The van der Waals surface area contributed by atoms with E-state index in [-0.39, 0.29) is 25.5 Å². The van der Waals surface area contributed by atoms with Gasteiger partial charge in [0, 0.05) is 19.8 Å². The van der Waals surface area contributed by atoms with Crippen LogP contribution in [0.4, 0.5) is 0 Å². The minimum Gasteiger partial charge on any atom is -0.493 e. The summed E-state index contributed by atoms with van der Waals surface area (Å²) < 4.78 is 11.2. The van der Waals surface area contributed by atoms with Crippen molar-refractivity contribution in [3.8, 4) is 5.75 Å². The maximum atomic E-state index is 12.7. The number of hydrogen-bond donors (Lipinski definition) is 2. The molecule has 0 aromatic heterocycles. The third kappa shape index (κ3) is 3.52. The summed E-state index contributed by atoms with van der Waals surface area (Å²) in [5.74, 6) is 0.692. The normalized spacial score (nSPS) is 25.4. The standard InChI is InChI=1S/C19H27NO5/c1-13-3-4-14(2)16(11-13)25-8-5-17(22)20-12-15(21)18(23)19(20)6-9-24-10-7-19/h3-4,11,15,18,21,23H,5-10,12H2,1-2H3/t15-,18-/m1/s1. The van der Waals surface area contributed by atoms with Crippen LogP contribution >= 0.6 is 0 Å². The molecule has 2 aliphatic heterocycles. The van der Waals surface area contributed by atoms with Crippen LogP contribution in [0.3, 0.4) is 0 Å². The zero-order chi connectivity index (χ0) is 18.0. The molecule has 1 spiro atoms. The molecule has 1 aromatic rings. The molecule has 2 N–H and O–H groups in total. The van der Waals surface area contributed by atoms with Crippen LogP contribution in [0.5, 0.6) is 5.75 Å². The molecule has 0 aliphatic carbocycles. The Morgan fingerprint density at radius 3 is 2.76 bits per heavy atom. The van der Waals surface area contributed by atoms with E-state index in [1.165, 1.54) is 0 Å². The van der Waals surface area contributed by atoms with Gasteiger partial charge in [0.15, 0.2) is 0 Å². The Bertz CT molecular complexity index is 626. The number of aliphatic hydroxyl groups excluding tert-OH is 2. The van der Waals surface area contributed by atoms with E-state index in [0.717, 1.165) is 16.9 Å². The van der Waals surface area contributed by atoms with E-state index in [1.807, 2.05) is 32.0 Å². The molecular weight excluding hydrogens is 322 g/mol. The molecule has 6 heteroatoms. The molecule has 25 heavy (non-hydrogen) atoms. The van der Waals surface area contributed by atoms with E-state index in [9.17, 15) is 15.0 Å². The molecule has 2 fully saturated rings. The number of nitrogens with zero attached hydrogens (tertiary/aromatic N) is 1. The third-order valence-corrected chi connectivity index (χ3v) is 5.40. The lowest BCUT2D eigenvalue weighted by molar-refractivity contribution is -0.143. The molecule has 0 bridgehead atoms. The number of hydrogen-bond acceptors (Lipinski definition) is 5. The maximum absolute atomic E-state index is 12.7. The number of benzene rings is 1. The fraction of sp³-hybridized carbons (Fsp3) is 0.632. The van der Waals surface area contributed by atoms with Crippen LogP contribution in [0.2, 0.25) is 0 Å². The predicted octanol–water partition coefficient (Wildman–Crippen LogP) is 1.19. The maximum Gasteiger partial charge on any atom is 0.226 e. The summed E-state index contributed by atoms with van der Waals surface area (Å²) in [5.41, 5.74) is 1.44. The van der Waals surface area contributed by atoms with Gasteiger partial charge in [0.05, 0.1) is 24.7 Å². The van der Waals surface area contributed by atoms with E-state index >= 15 is 0 Å². The fourth-order valence-electron chi connectivity index (χ4n) is 3.87. The fourth-order valence-corrected chi connectivity index (χ4v) is 3.87. The zero-order valence-electron chi connectivity index (χ0n) is 14.9. The quantitative estimate of drug-likeness (QED) is 0.854. The van der Waals surface area contributed by atoms with Crippen molar-refractivity contribution in [1.29, 1.82) is 0 Å². The number of rotatable bonds is 4. The highest BCUT2D eigenvalue weighted by Crippen LogP contribution is 2.38. The van der Waals surface area contributed by atoms with Gasteiger partial charge in [-0.05, 0) is 43.9 Å². The van der Waals surface area contributed by atoms with Gasteiger partial charge in [-0.25, -0.2) is 0 Å². The van der Waals surface area contributed by atoms with Crippen LogP contribution in [0, 0.1) is 13.8 Å². The van der Waals surface area contributed by atoms with Gasteiger partial charge in [0.1, 0.15) is 11.9 Å². The van der Waals surface area contributed by atoms with Gasteiger partial charge < -0.3 is 24.6 Å². The summed E-state index contributed by atoms with van der Waals surface area (Å²) in [6.07, 6.45) is -0.499. The van der Waals surface area contributed by atoms with Crippen LogP contribution in [0.25, 0.3) is 0 Å². The summed E-state index contributed by atoms with van der Waals surface area (Å²) in [6, 6.07) is 5.98. The Morgan fingerprint density at radius 2 is 2.04 bits per heavy atom. The van der Waals surface area contributed by atoms with Crippen molar-refractivity contribution in [3.63, 3.8) is 0 Å². The molecule has 2 saturated heterocycles. The minimum absolute atomic E-state index is 0.0946. The van der Waals surface area contributed by atoms with E-state index in [2.05, 4.69) is 0 Å². The van der Waals surface area contributed by atoms with Gasteiger partial charge in [0.25, 0.3) is 0 Å². The first-order chi connectivity index (χ1) is 11.9.